The number of ether oxygens (including phenoxy) is 1. The molecule has 6 nitrogen and oxygen atoms in total. The maximum Gasteiger partial charge on any atom is 0.260 e. The smallest absolute Gasteiger partial charge is 0.260 e. The first kappa shape index (κ1) is 19.2. The fraction of sp³-hybridized carbons (Fsp3) is 0.348. The number of aryl methyl sites for hydroxylation is 1. The molecule has 0 aliphatic carbocycles. The van der Waals surface area contributed by atoms with E-state index in [0.717, 1.165) is 55.3 Å². The van der Waals surface area contributed by atoms with Crippen molar-refractivity contribution in [1.29, 1.82) is 0 Å². The second-order valence-electron chi connectivity index (χ2n) is 7.52. The highest BCUT2D eigenvalue weighted by atomic mass is 16.5. The molecule has 0 spiro atoms. The van der Waals surface area contributed by atoms with Crippen LogP contribution < -0.4 is 4.74 Å². The summed E-state index contributed by atoms with van der Waals surface area (Å²) in [6.07, 6.45) is 7.61. The molecule has 150 valence electrons. The van der Waals surface area contributed by atoms with Crippen molar-refractivity contribution in [2.45, 2.75) is 26.3 Å². The molecule has 4 rings (SSSR count). The average molecular weight is 390 g/mol. The molecule has 1 saturated heterocycles. The van der Waals surface area contributed by atoms with Gasteiger partial charge in [0.25, 0.3) is 5.91 Å². The summed E-state index contributed by atoms with van der Waals surface area (Å²) in [6.45, 7) is 4.57. The monoisotopic (exact) mass is 390 g/mol. The molecule has 1 amide bonds. The number of pyridine rings is 1. The van der Waals surface area contributed by atoms with E-state index < -0.39 is 0 Å². The van der Waals surface area contributed by atoms with Crippen molar-refractivity contribution >= 4 is 5.91 Å². The van der Waals surface area contributed by atoms with Gasteiger partial charge in [0.05, 0.1) is 0 Å². The quantitative estimate of drug-likeness (QED) is 0.646. The molecule has 1 aliphatic rings. The number of nitrogens with zero attached hydrogens (tertiary/aromatic N) is 4. The van der Waals surface area contributed by atoms with Crippen LogP contribution in [0.4, 0.5) is 0 Å². The fourth-order valence-electron chi connectivity index (χ4n) is 3.87. The molecule has 1 fully saturated rings. The lowest BCUT2D eigenvalue weighted by atomic mass is 9.97. The van der Waals surface area contributed by atoms with E-state index in [9.17, 15) is 4.79 Å². The van der Waals surface area contributed by atoms with Crippen LogP contribution in [0.5, 0.6) is 5.75 Å². The first-order chi connectivity index (χ1) is 14.2. The van der Waals surface area contributed by atoms with Crippen LogP contribution in [0.2, 0.25) is 0 Å². The van der Waals surface area contributed by atoms with E-state index in [2.05, 4.69) is 21.5 Å². The third-order valence-electron chi connectivity index (χ3n) is 5.41. The van der Waals surface area contributed by atoms with Crippen LogP contribution in [0, 0.1) is 12.8 Å². The number of para-hydroxylation sites is 1. The van der Waals surface area contributed by atoms with Gasteiger partial charge in [0, 0.05) is 49.5 Å². The molecule has 0 N–H and O–H groups in total. The highest BCUT2D eigenvalue weighted by Crippen LogP contribution is 2.24. The molecule has 0 saturated carbocycles. The lowest BCUT2D eigenvalue weighted by molar-refractivity contribution is -0.135. The Balaban J connectivity index is 1.39. The van der Waals surface area contributed by atoms with Gasteiger partial charge in [-0.1, -0.05) is 18.2 Å². The number of likely N-dealkylation sites (tertiary alicyclic amines) is 1. The summed E-state index contributed by atoms with van der Waals surface area (Å²) < 4.78 is 7.90. The molecule has 1 aliphatic heterocycles. The van der Waals surface area contributed by atoms with E-state index in [0.29, 0.717) is 5.92 Å². The van der Waals surface area contributed by atoms with E-state index in [1.54, 1.807) is 12.4 Å². The summed E-state index contributed by atoms with van der Waals surface area (Å²) in [5, 5.41) is 0. The zero-order valence-electron chi connectivity index (χ0n) is 16.7. The maximum absolute atomic E-state index is 12.6. The van der Waals surface area contributed by atoms with Crippen LogP contribution in [0.15, 0.2) is 61.1 Å². The second-order valence-corrected chi connectivity index (χ2v) is 7.52. The molecular weight excluding hydrogens is 364 g/mol. The number of carbonyl (C=O) groups excluding carboxylic acids is 1. The Bertz CT molecular complexity index is 940. The topological polar surface area (TPSA) is 60.2 Å². The van der Waals surface area contributed by atoms with Gasteiger partial charge < -0.3 is 14.2 Å². The summed E-state index contributed by atoms with van der Waals surface area (Å²) in [5.74, 6) is 2.14. The molecule has 0 radical (unpaired) electrons. The van der Waals surface area contributed by atoms with Gasteiger partial charge in [-0.3, -0.25) is 9.78 Å². The Morgan fingerprint density at radius 2 is 1.97 bits per heavy atom. The molecule has 3 heterocycles. The molecule has 1 aromatic carbocycles. The molecular formula is C23H26N4O2. The van der Waals surface area contributed by atoms with Gasteiger partial charge in [0.15, 0.2) is 6.61 Å². The van der Waals surface area contributed by atoms with E-state index in [1.807, 2.05) is 53.6 Å². The van der Waals surface area contributed by atoms with Crippen LogP contribution in [-0.4, -0.2) is 45.0 Å². The first-order valence-corrected chi connectivity index (χ1v) is 10.1. The molecule has 6 heteroatoms. The van der Waals surface area contributed by atoms with Crippen molar-refractivity contribution in [2.75, 3.05) is 19.7 Å². The standard InChI is InChI=1S/C23H26N4O2/c1-18-14-25-23(20-9-11-24-12-10-20)27(18)16-19-6-5-13-26(15-19)22(28)17-29-21-7-3-2-4-8-21/h2-4,7-12,14,19H,5-6,13,15-17H2,1H3. The van der Waals surface area contributed by atoms with Gasteiger partial charge >= 0.3 is 0 Å². The van der Waals surface area contributed by atoms with Crippen LogP contribution >= 0.6 is 0 Å². The minimum absolute atomic E-state index is 0.0512. The lowest BCUT2D eigenvalue weighted by Crippen LogP contribution is -2.43. The van der Waals surface area contributed by atoms with Crippen molar-refractivity contribution in [3.8, 4) is 17.1 Å². The number of carbonyl (C=O) groups is 1. The number of imidazole rings is 1. The zero-order chi connectivity index (χ0) is 20.1. The highest BCUT2D eigenvalue weighted by molar-refractivity contribution is 5.77. The van der Waals surface area contributed by atoms with Crippen molar-refractivity contribution < 1.29 is 9.53 Å². The van der Waals surface area contributed by atoms with Gasteiger partial charge in [0.1, 0.15) is 11.6 Å². The van der Waals surface area contributed by atoms with Gasteiger partial charge in [-0.2, -0.15) is 0 Å². The summed E-state index contributed by atoms with van der Waals surface area (Å²) in [6, 6.07) is 13.5. The number of aromatic nitrogens is 3. The van der Waals surface area contributed by atoms with E-state index in [4.69, 9.17) is 4.74 Å². The lowest BCUT2D eigenvalue weighted by Gasteiger charge is -2.33. The van der Waals surface area contributed by atoms with Crippen molar-refractivity contribution in [1.82, 2.24) is 19.4 Å². The Labute approximate surface area is 171 Å². The number of rotatable bonds is 6. The largest absolute Gasteiger partial charge is 0.484 e. The first-order valence-electron chi connectivity index (χ1n) is 10.1. The molecule has 1 unspecified atom stereocenters. The van der Waals surface area contributed by atoms with Crippen molar-refractivity contribution in [3.63, 3.8) is 0 Å². The Hall–Kier alpha value is -3.15. The van der Waals surface area contributed by atoms with Crippen LogP contribution in [-0.2, 0) is 11.3 Å². The fourth-order valence-corrected chi connectivity index (χ4v) is 3.87. The maximum atomic E-state index is 12.6. The predicted octanol–water partition coefficient (Wildman–Crippen LogP) is 3.57. The van der Waals surface area contributed by atoms with Crippen molar-refractivity contribution in [2.24, 2.45) is 5.92 Å². The van der Waals surface area contributed by atoms with Gasteiger partial charge in [-0.05, 0) is 49.9 Å². The number of piperidine rings is 1. The number of hydrogen-bond acceptors (Lipinski definition) is 4. The SMILES string of the molecule is Cc1cnc(-c2ccncc2)n1CC1CCCN(C(=O)COc2ccccc2)C1. The second kappa shape index (κ2) is 8.90. The molecule has 1 atom stereocenters. The molecule has 0 bridgehead atoms. The minimum atomic E-state index is 0.0512. The number of hydrogen-bond donors (Lipinski definition) is 0. The minimum Gasteiger partial charge on any atom is -0.484 e. The molecule has 29 heavy (non-hydrogen) atoms. The summed E-state index contributed by atoms with van der Waals surface area (Å²) in [5.41, 5.74) is 2.20. The third-order valence-corrected chi connectivity index (χ3v) is 5.41. The van der Waals surface area contributed by atoms with Gasteiger partial charge in [-0.15, -0.1) is 0 Å². The Morgan fingerprint density at radius 1 is 1.17 bits per heavy atom. The predicted molar refractivity (Wildman–Crippen MR) is 111 cm³/mol. The number of amides is 1. The zero-order valence-corrected chi connectivity index (χ0v) is 16.7. The summed E-state index contributed by atoms with van der Waals surface area (Å²) in [4.78, 5) is 23.3. The number of benzene rings is 1. The Morgan fingerprint density at radius 3 is 2.76 bits per heavy atom. The van der Waals surface area contributed by atoms with E-state index in [1.165, 1.54) is 0 Å². The average Bonchev–Trinajstić information content (AvgIpc) is 3.13. The van der Waals surface area contributed by atoms with Crippen molar-refractivity contribution in [3.05, 3.63) is 66.7 Å². The van der Waals surface area contributed by atoms with Crippen LogP contribution in [0.3, 0.4) is 0 Å². The Kier molecular flexibility index (Phi) is 5.89. The van der Waals surface area contributed by atoms with Gasteiger partial charge in [0.2, 0.25) is 0 Å². The van der Waals surface area contributed by atoms with Gasteiger partial charge in [-0.25, -0.2) is 4.98 Å². The molecule has 2 aromatic heterocycles. The van der Waals surface area contributed by atoms with E-state index >= 15 is 0 Å². The molecule has 3 aromatic rings. The third kappa shape index (κ3) is 4.65. The summed E-state index contributed by atoms with van der Waals surface area (Å²) >= 11 is 0. The summed E-state index contributed by atoms with van der Waals surface area (Å²) in [7, 11) is 0. The van der Waals surface area contributed by atoms with E-state index in [-0.39, 0.29) is 12.5 Å². The highest BCUT2D eigenvalue weighted by Gasteiger charge is 2.25. The normalized spacial score (nSPS) is 16.6. The van der Waals surface area contributed by atoms with Crippen LogP contribution in [0.1, 0.15) is 18.5 Å². The van der Waals surface area contributed by atoms with Crippen LogP contribution in [0.25, 0.3) is 11.4 Å².